The number of ether oxygens (including phenoxy) is 1. The van der Waals surface area contributed by atoms with Crippen LogP contribution in [0.4, 0.5) is 4.39 Å². The van der Waals surface area contributed by atoms with Gasteiger partial charge in [-0.1, -0.05) is 205 Å². The highest BCUT2D eigenvalue weighted by Crippen LogP contribution is 2.50. The Morgan fingerprint density at radius 3 is 1.72 bits per heavy atom. The molecule has 1 aliphatic rings. The first-order valence-electron chi connectivity index (χ1n) is 23.3. The van der Waals surface area contributed by atoms with Gasteiger partial charge in [-0.3, -0.25) is 4.79 Å². The van der Waals surface area contributed by atoms with E-state index in [1.165, 1.54) is 17.5 Å². The number of fused-ring (bicyclic) bond motifs is 1. The van der Waals surface area contributed by atoms with Crippen LogP contribution in [-0.4, -0.2) is 42.0 Å². The lowest BCUT2D eigenvalue weighted by molar-refractivity contribution is -0.140. The Morgan fingerprint density at radius 1 is 0.738 bits per heavy atom. The Kier molecular flexibility index (Phi) is 15.5. The average Bonchev–Trinajstić information content (AvgIpc) is 3.86. The molecule has 0 bridgehead atoms. The molecule has 340 valence electrons. The highest BCUT2D eigenvalue weighted by Gasteiger charge is 2.56. The number of benzene rings is 5. The molecule has 0 aliphatic heterocycles. The molecule has 1 aliphatic carbocycles. The van der Waals surface area contributed by atoms with Crippen molar-refractivity contribution in [1.82, 2.24) is 0 Å². The molecule has 2 unspecified atom stereocenters. The second-order valence-electron chi connectivity index (χ2n) is 19.8. The van der Waals surface area contributed by atoms with E-state index in [2.05, 4.69) is 187 Å². The molecule has 1 heterocycles. The maximum Gasteiger partial charge on any atom is 0.305 e. The topological polar surface area (TPSA) is 44.8 Å². The van der Waals surface area contributed by atoms with E-state index in [4.69, 9.17) is 20.2 Å². The van der Waals surface area contributed by atoms with Crippen LogP contribution in [0, 0.1) is 11.8 Å². The summed E-state index contributed by atoms with van der Waals surface area (Å²) < 4.78 is 40.7. The van der Waals surface area contributed by atoms with E-state index >= 15 is 4.39 Å². The third kappa shape index (κ3) is 10.3. The van der Waals surface area contributed by atoms with Gasteiger partial charge in [0.1, 0.15) is 12.3 Å². The Labute approximate surface area is 393 Å². The van der Waals surface area contributed by atoms with Crippen LogP contribution >= 0.6 is 11.3 Å². The predicted octanol–water partition coefficient (Wildman–Crippen LogP) is 12.7. The molecule has 0 saturated heterocycles. The van der Waals surface area contributed by atoms with E-state index in [0.29, 0.717) is 25.7 Å². The van der Waals surface area contributed by atoms with Gasteiger partial charge in [-0.25, -0.2) is 4.39 Å². The van der Waals surface area contributed by atoms with Crippen molar-refractivity contribution >= 4 is 64.8 Å². The van der Waals surface area contributed by atoms with Crippen molar-refractivity contribution in [2.75, 3.05) is 7.11 Å². The van der Waals surface area contributed by atoms with Gasteiger partial charge in [0, 0.05) is 16.0 Å². The summed E-state index contributed by atoms with van der Waals surface area (Å²) in [6.45, 7) is 18.4. The van der Waals surface area contributed by atoms with Crippen LogP contribution in [0.1, 0.15) is 91.0 Å². The van der Waals surface area contributed by atoms with Gasteiger partial charge in [0.2, 0.25) is 0 Å². The molecule has 1 saturated carbocycles. The second kappa shape index (κ2) is 20.9. The summed E-state index contributed by atoms with van der Waals surface area (Å²) in [5.74, 6) is -0.420. The standard InChI is InChI=1S/C57H67FO4SSi2/c1-42-39-51(61-64(56(2,3)4,44-28-15-11-16-29-44)45-30-17-12-18-31-45)49(48(42)36-23-9-10-24-38-54(59)60-8)41-50(58)55(53-40-43-27-25-26-37-52(43)63-53)62-65(57(5,6)7,46-32-19-13-20-33-46)47-34-21-14-22-35-47/h9,11-23,25-35,37,40,48-51,55H,1,10,24,36,38-39,41H2,2-8H3/b23-9-/t48-,49+,50?,51+,55?/m0/s1. The van der Waals surface area contributed by atoms with Crippen molar-refractivity contribution in [1.29, 1.82) is 0 Å². The monoisotopic (exact) mass is 922 g/mol. The molecule has 8 heteroatoms. The quantitative estimate of drug-likeness (QED) is 0.0373. The fourth-order valence-electron chi connectivity index (χ4n) is 10.4. The lowest BCUT2D eigenvalue weighted by atomic mass is 9.85. The minimum atomic E-state index is -3.23. The lowest BCUT2D eigenvalue weighted by Gasteiger charge is -2.47. The Bertz CT molecular complexity index is 2380. The van der Waals surface area contributed by atoms with Gasteiger partial charge in [-0.2, -0.15) is 0 Å². The van der Waals surface area contributed by atoms with E-state index in [1.54, 1.807) is 11.3 Å². The van der Waals surface area contributed by atoms with E-state index in [0.717, 1.165) is 37.3 Å². The number of unbranched alkanes of at least 4 members (excludes halogenated alkanes) is 1. The normalized spacial score (nSPS) is 18.3. The van der Waals surface area contributed by atoms with Gasteiger partial charge in [0.15, 0.2) is 0 Å². The summed E-state index contributed by atoms with van der Waals surface area (Å²) >= 11 is 1.64. The van der Waals surface area contributed by atoms with E-state index in [9.17, 15) is 4.79 Å². The molecule has 4 nitrogen and oxygen atoms in total. The van der Waals surface area contributed by atoms with Crippen LogP contribution < -0.4 is 20.7 Å². The Balaban J connectivity index is 1.35. The van der Waals surface area contributed by atoms with Crippen LogP contribution in [-0.2, 0) is 18.4 Å². The van der Waals surface area contributed by atoms with Gasteiger partial charge >= 0.3 is 5.97 Å². The molecule has 65 heavy (non-hydrogen) atoms. The maximum atomic E-state index is 18.8. The maximum absolute atomic E-state index is 18.8. The summed E-state index contributed by atoms with van der Waals surface area (Å²) in [5, 5.41) is 5.11. The first-order valence-corrected chi connectivity index (χ1v) is 27.9. The number of allylic oxidation sites excluding steroid dienone is 2. The number of alkyl halides is 1. The van der Waals surface area contributed by atoms with Crippen molar-refractivity contribution in [2.24, 2.45) is 11.8 Å². The number of methoxy groups -OCH3 is 1. The van der Waals surface area contributed by atoms with Crippen LogP contribution in [0.5, 0.6) is 0 Å². The molecule has 1 aromatic heterocycles. The average molecular weight is 923 g/mol. The molecule has 1 fully saturated rings. The second-order valence-corrected chi connectivity index (χ2v) is 29.4. The van der Waals surface area contributed by atoms with Crippen molar-refractivity contribution in [2.45, 2.75) is 109 Å². The third-order valence-corrected chi connectivity index (χ3v) is 24.8. The minimum absolute atomic E-state index is 0.0238. The number of thiophene rings is 1. The zero-order valence-electron chi connectivity index (χ0n) is 39.3. The fourth-order valence-corrected chi connectivity index (χ4v) is 21.0. The number of carbonyl (C=O) groups is 1. The molecule has 5 atom stereocenters. The molecular weight excluding hydrogens is 856 g/mol. The SMILES string of the molecule is C=C1C[C@@H](O[Si](c2ccccc2)(c2ccccc2)C(C)(C)C)[C@H](CC(F)C(O[Si](c2ccccc2)(c2ccccc2)C(C)(C)C)c2cc3ccccc3s2)[C@H]1C/C=C\CCCC(=O)OC. The smallest absolute Gasteiger partial charge is 0.305 e. The first kappa shape index (κ1) is 48.2. The molecule has 0 spiro atoms. The van der Waals surface area contributed by atoms with Gasteiger partial charge in [0.05, 0.1) is 13.2 Å². The van der Waals surface area contributed by atoms with Crippen molar-refractivity contribution in [3.05, 3.63) is 181 Å². The number of halogens is 1. The molecule has 0 N–H and O–H groups in total. The van der Waals surface area contributed by atoms with Crippen molar-refractivity contribution in [3.63, 3.8) is 0 Å². The Hall–Kier alpha value is -4.71. The van der Waals surface area contributed by atoms with Gasteiger partial charge < -0.3 is 13.6 Å². The molecule has 0 amide bonds. The molecular formula is C57H67FO4SSi2. The van der Waals surface area contributed by atoms with E-state index in [-0.39, 0.29) is 40.4 Å². The Morgan fingerprint density at radius 2 is 1.23 bits per heavy atom. The predicted molar refractivity (Wildman–Crippen MR) is 276 cm³/mol. The summed E-state index contributed by atoms with van der Waals surface area (Å²) in [6, 6.07) is 53.2. The lowest BCUT2D eigenvalue weighted by Crippen LogP contribution is -2.68. The largest absolute Gasteiger partial charge is 0.469 e. The molecule has 0 radical (unpaired) electrons. The highest BCUT2D eigenvalue weighted by atomic mass is 32.1. The third-order valence-electron chi connectivity index (χ3n) is 13.5. The number of hydrogen-bond donors (Lipinski definition) is 0. The van der Waals surface area contributed by atoms with E-state index in [1.807, 2.05) is 18.2 Å². The molecule has 6 aromatic rings. The summed E-state index contributed by atoms with van der Waals surface area (Å²) in [6.07, 6.45) is 5.28. The summed E-state index contributed by atoms with van der Waals surface area (Å²) in [7, 11) is -4.84. The van der Waals surface area contributed by atoms with Crippen LogP contribution in [0.15, 0.2) is 176 Å². The number of hydrogen-bond acceptors (Lipinski definition) is 5. The number of carbonyl (C=O) groups excluding carboxylic acids is 1. The fraction of sp³-hybridized carbons (Fsp3) is 0.351. The number of esters is 1. The van der Waals surface area contributed by atoms with Gasteiger partial charge in [-0.05, 0) is 92.3 Å². The van der Waals surface area contributed by atoms with Crippen LogP contribution in [0.25, 0.3) is 10.1 Å². The van der Waals surface area contributed by atoms with Crippen molar-refractivity contribution in [3.8, 4) is 0 Å². The van der Waals surface area contributed by atoms with Gasteiger partial charge in [0.25, 0.3) is 16.6 Å². The zero-order valence-corrected chi connectivity index (χ0v) is 42.2. The summed E-state index contributed by atoms with van der Waals surface area (Å²) in [4.78, 5) is 12.8. The first-order chi connectivity index (χ1) is 31.2. The van der Waals surface area contributed by atoms with Crippen LogP contribution in [0.3, 0.4) is 0 Å². The minimum Gasteiger partial charge on any atom is -0.469 e. The molecule has 5 aromatic carbocycles. The highest BCUT2D eigenvalue weighted by molar-refractivity contribution is 7.19. The van der Waals surface area contributed by atoms with Crippen molar-refractivity contribution < 1.29 is 22.8 Å². The van der Waals surface area contributed by atoms with Gasteiger partial charge in [-0.15, -0.1) is 11.3 Å². The zero-order chi connectivity index (χ0) is 46.2. The summed E-state index contributed by atoms with van der Waals surface area (Å²) in [5.41, 5.74) is 1.09. The number of rotatable bonds is 18. The van der Waals surface area contributed by atoms with E-state index < -0.39 is 28.9 Å². The molecule has 7 rings (SSSR count). The van der Waals surface area contributed by atoms with Crippen LogP contribution in [0.2, 0.25) is 10.1 Å².